The molecular formula is C13H21BrN4. The number of halogens is 1. The van der Waals surface area contributed by atoms with Crippen molar-refractivity contribution in [3.8, 4) is 0 Å². The summed E-state index contributed by atoms with van der Waals surface area (Å²) >= 11 is 3.49. The molecule has 1 fully saturated rings. The van der Waals surface area contributed by atoms with E-state index >= 15 is 0 Å². The number of hydrogen-bond donors (Lipinski definition) is 0. The van der Waals surface area contributed by atoms with Crippen molar-refractivity contribution in [2.45, 2.75) is 19.8 Å². The van der Waals surface area contributed by atoms with Gasteiger partial charge in [0.1, 0.15) is 12.1 Å². The summed E-state index contributed by atoms with van der Waals surface area (Å²) in [5.74, 6) is 1.54. The summed E-state index contributed by atoms with van der Waals surface area (Å²) in [4.78, 5) is 13.6. The molecule has 4 nitrogen and oxygen atoms in total. The van der Waals surface area contributed by atoms with E-state index in [9.17, 15) is 0 Å². The summed E-state index contributed by atoms with van der Waals surface area (Å²) in [5, 5.41) is 1.05. The average Bonchev–Trinajstić information content (AvgIpc) is 2.40. The van der Waals surface area contributed by atoms with Crippen molar-refractivity contribution in [2.75, 3.05) is 43.0 Å². The lowest BCUT2D eigenvalue weighted by Gasteiger charge is -2.35. The highest BCUT2D eigenvalue weighted by Gasteiger charge is 2.18. The zero-order valence-electron chi connectivity index (χ0n) is 11.1. The Kier molecular flexibility index (Phi) is 4.95. The van der Waals surface area contributed by atoms with Crippen LogP contribution in [0.5, 0.6) is 0 Å². The summed E-state index contributed by atoms with van der Waals surface area (Å²) < 4.78 is 0. The van der Waals surface area contributed by atoms with Gasteiger partial charge in [0.2, 0.25) is 0 Å². The molecule has 0 aliphatic carbocycles. The van der Waals surface area contributed by atoms with Crippen molar-refractivity contribution >= 4 is 21.7 Å². The molecule has 0 aromatic carbocycles. The third-order valence-electron chi connectivity index (χ3n) is 3.36. The van der Waals surface area contributed by atoms with Crippen LogP contribution in [-0.2, 0) is 0 Å². The minimum Gasteiger partial charge on any atom is -0.354 e. The van der Waals surface area contributed by atoms with Crippen molar-refractivity contribution in [3.63, 3.8) is 0 Å². The Morgan fingerprint density at radius 2 is 1.94 bits per heavy atom. The maximum atomic E-state index is 4.40. The van der Waals surface area contributed by atoms with Crippen molar-refractivity contribution in [3.05, 3.63) is 18.1 Å². The summed E-state index contributed by atoms with van der Waals surface area (Å²) in [6, 6.07) is 2.13. The largest absolute Gasteiger partial charge is 0.354 e. The minimum absolute atomic E-state index is 0.460. The molecular weight excluding hydrogens is 292 g/mol. The van der Waals surface area contributed by atoms with Gasteiger partial charge in [0.25, 0.3) is 0 Å². The monoisotopic (exact) mass is 312 g/mol. The molecule has 18 heavy (non-hydrogen) atoms. The first kappa shape index (κ1) is 13.7. The Morgan fingerprint density at radius 1 is 1.22 bits per heavy atom. The molecule has 5 heteroatoms. The molecule has 1 aliphatic rings. The fourth-order valence-corrected chi connectivity index (χ4v) is 2.67. The van der Waals surface area contributed by atoms with Crippen LogP contribution in [0.25, 0.3) is 0 Å². The predicted octanol–water partition coefficient (Wildman–Crippen LogP) is 2.12. The van der Waals surface area contributed by atoms with Crippen molar-refractivity contribution in [1.29, 1.82) is 0 Å². The van der Waals surface area contributed by atoms with Crippen LogP contribution in [0, 0.1) is 0 Å². The summed E-state index contributed by atoms with van der Waals surface area (Å²) in [7, 11) is 0. The maximum Gasteiger partial charge on any atom is 0.132 e. The molecule has 1 aliphatic heterocycles. The van der Waals surface area contributed by atoms with Gasteiger partial charge in [-0.3, -0.25) is 4.90 Å². The van der Waals surface area contributed by atoms with Crippen LogP contribution in [0.15, 0.2) is 12.4 Å². The zero-order valence-corrected chi connectivity index (χ0v) is 12.7. The fourth-order valence-electron chi connectivity index (χ4n) is 2.17. The number of hydrogen-bond acceptors (Lipinski definition) is 4. The van der Waals surface area contributed by atoms with Crippen LogP contribution < -0.4 is 4.90 Å². The van der Waals surface area contributed by atoms with Crippen LogP contribution in [-0.4, -0.2) is 52.9 Å². The number of aromatic nitrogens is 2. The smallest absolute Gasteiger partial charge is 0.132 e. The number of alkyl halides is 1. The molecule has 0 unspecified atom stereocenters. The van der Waals surface area contributed by atoms with E-state index in [0.717, 1.165) is 49.6 Å². The molecule has 0 saturated carbocycles. The Bertz CT molecular complexity index is 375. The lowest BCUT2D eigenvalue weighted by atomic mass is 10.1. The molecule has 1 aromatic heterocycles. The second kappa shape index (κ2) is 6.48. The molecule has 0 radical (unpaired) electrons. The summed E-state index contributed by atoms with van der Waals surface area (Å²) in [5.41, 5.74) is 1.13. The minimum atomic E-state index is 0.460. The third kappa shape index (κ3) is 3.42. The normalized spacial score (nSPS) is 17.4. The van der Waals surface area contributed by atoms with Gasteiger partial charge in [0.05, 0.1) is 0 Å². The highest BCUT2D eigenvalue weighted by molar-refractivity contribution is 9.09. The van der Waals surface area contributed by atoms with Gasteiger partial charge >= 0.3 is 0 Å². The predicted molar refractivity (Wildman–Crippen MR) is 78.6 cm³/mol. The first-order valence-electron chi connectivity index (χ1n) is 6.56. The number of anilines is 1. The van der Waals surface area contributed by atoms with Crippen LogP contribution in [0.1, 0.15) is 25.5 Å². The van der Waals surface area contributed by atoms with Crippen LogP contribution in [0.3, 0.4) is 0 Å². The molecule has 100 valence electrons. The first-order valence-corrected chi connectivity index (χ1v) is 7.68. The van der Waals surface area contributed by atoms with E-state index in [1.165, 1.54) is 0 Å². The van der Waals surface area contributed by atoms with Gasteiger partial charge in [-0.15, -0.1) is 0 Å². The molecule has 0 bridgehead atoms. The molecule has 1 aromatic rings. The molecule has 0 N–H and O–H groups in total. The molecule has 2 rings (SSSR count). The molecule has 0 atom stereocenters. The van der Waals surface area contributed by atoms with E-state index in [-0.39, 0.29) is 0 Å². The molecule has 2 heterocycles. The summed E-state index contributed by atoms with van der Waals surface area (Å²) in [6.45, 7) is 9.82. The van der Waals surface area contributed by atoms with Crippen molar-refractivity contribution < 1.29 is 0 Å². The van der Waals surface area contributed by atoms with Gasteiger partial charge in [-0.2, -0.15) is 0 Å². The number of piperazine rings is 1. The van der Waals surface area contributed by atoms with E-state index in [1.807, 2.05) is 0 Å². The Hall–Kier alpha value is -0.680. The maximum absolute atomic E-state index is 4.40. The first-order chi connectivity index (χ1) is 8.70. The fraction of sp³-hybridized carbons (Fsp3) is 0.692. The van der Waals surface area contributed by atoms with Crippen molar-refractivity contribution in [2.24, 2.45) is 0 Å². The Balaban J connectivity index is 1.98. The standard InChI is InChI=1S/C13H21BrN4/c1-11(2)12-9-13(16-10-15-12)18-7-5-17(4-3-14)6-8-18/h9-11H,3-8H2,1-2H3. The molecule has 1 saturated heterocycles. The van der Waals surface area contributed by atoms with Gasteiger partial charge in [-0.05, 0) is 5.92 Å². The quantitative estimate of drug-likeness (QED) is 0.797. The van der Waals surface area contributed by atoms with E-state index in [1.54, 1.807) is 6.33 Å². The topological polar surface area (TPSA) is 32.3 Å². The lowest BCUT2D eigenvalue weighted by molar-refractivity contribution is 0.273. The number of rotatable bonds is 4. The zero-order chi connectivity index (χ0) is 13.0. The van der Waals surface area contributed by atoms with Crippen LogP contribution in [0.2, 0.25) is 0 Å². The second-order valence-corrected chi connectivity index (χ2v) is 5.77. The van der Waals surface area contributed by atoms with E-state index < -0.39 is 0 Å². The van der Waals surface area contributed by atoms with Gasteiger partial charge < -0.3 is 4.90 Å². The van der Waals surface area contributed by atoms with E-state index in [2.05, 4.69) is 55.6 Å². The van der Waals surface area contributed by atoms with E-state index in [0.29, 0.717) is 5.92 Å². The van der Waals surface area contributed by atoms with Gasteiger partial charge in [-0.1, -0.05) is 29.8 Å². The molecule has 0 amide bonds. The SMILES string of the molecule is CC(C)c1cc(N2CCN(CCBr)CC2)ncn1. The van der Waals surface area contributed by atoms with Crippen LogP contribution in [0.4, 0.5) is 5.82 Å². The average molecular weight is 313 g/mol. The lowest BCUT2D eigenvalue weighted by Crippen LogP contribution is -2.47. The third-order valence-corrected chi connectivity index (χ3v) is 3.72. The van der Waals surface area contributed by atoms with Crippen LogP contribution >= 0.6 is 15.9 Å². The van der Waals surface area contributed by atoms with Gasteiger partial charge in [0.15, 0.2) is 0 Å². The molecule has 0 spiro atoms. The van der Waals surface area contributed by atoms with Gasteiger partial charge in [0, 0.05) is 49.8 Å². The Labute approximate surface area is 118 Å². The van der Waals surface area contributed by atoms with Gasteiger partial charge in [-0.25, -0.2) is 9.97 Å². The second-order valence-electron chi connectivity index (χ2n) is 4.97. The van der Waals surface area contributed by atoms with Crippen molar-refractivity contribution in [1.82, 2.24) is 14.9 Å². The highest BCUT2D eigenvalue weighted by atomic mass is 79.9. The highest BCUT2D eigenvalue weighted by Crippen LogP contribution is 2.18. The Morgan fingerprint density at radius 3 is 2.56 bits per heavy atom. The summed E-state index contributed by atoms with van der Waals surface area (Å²) in [6.07, 6.45) is 1.69. The van der Waals surface area contributed by atoms with E-state index in [4.69, 9.17) is 0 Å². The number of nitrogens with zero attached hydrogens (tertiary/aromatic N) is 4.